The van der Waals surface area contributed by atoms with Crippen LogP contribution in [0.15, 0.2) is 66.2 Å². The number of nitrogens with zero attached hydrogens (tertiary/aromatic N) is 3. The number of rotatable bonds is 9. The van der Waals surface area contributed by atoms with Gasteiger partial charge < -0.3 is 20.3 Å². The fourth-order valence-corrected chi connectivity index (χ4v) is 6.06. The molecule has 2 aromatic carbocycles. The average molecular weight is 588 g/mol. The molecule has 6 rings (SSSR count). The van der Waals surface area contributed by atoms with Gasteiger partial charge in [-0.2, -0.15) is 0 Å². The molecule has 0 saturated carbocycles. The lowest BCUT2D eigenvalue weighted by molar-refractivity contribution is -0.122. The highest BCUT2D eigenvalue weighted by molar-refractivity contribution is 7.09. The summed E-state index contributed by atoms with van der Waals surface area (Å²) < 4.78 is 5.42. The minimum atomic E-state index is -0.197. The van der Waals surface area contributed by atoms with E-state index in [2.05, 4.69) is 50.2 Å². The van der Waals surface area contributed by atoms with Gasteiger partial charge in [0.1, 0.15) is 6.54 Å². The highest BCUT2D eigenvalue weighted by atomic mass is 35.5. The average Bonchev–Trinajstić information content (AvgIpc) is 3.61. The highest BCUT2D eigenvalue weighted by Crippen LogP contribution is 2.31. The van der Waals surface area contributed by atoms with Crippen LogP contribution in [0.3, 0.4) is 0 Å². The predicted octanol–water partition coefficient (Wildman–Crippen LogP) is 5.31. The molecule has 0 aliphatic carbocycles. The SMILES string of the molecule is O=C(CN1Cc2ccc(-c3nc(NC4CCOCC4)ncc3Cl)cc2C1=O)NCc1ccc(Cc2cccs2)cc1. The number of hydrogen-bond donors (Lipinski definition) is 2. The van der Waals surface area contributed by atoms with Crippen LogP contribution in [0.5, 0.6) is 0 Å². The van der Waals surface area contributed by atoms with Gasteiger partial charge in [-0.25, -0.2) is 9.97 Å². The third-order valence-corrected chi connectivity index (χ3v) is 8.52. The fourth-order valence-electron chi connectivity index (χ4n) is 5.12. The number of carbonyl (C=O) groups is 2. The summed E-state index contributed by atoms with van der Waals surface area (Å²) in [5, 5.41) is 8.79. The standard InChI is InChI=1S/C31H30ClN5O3S/c32-27-17-34-31(35-24-9-11-40-12-10-24)36-29(27)22-7-8-23-18-37(30(39)26(23)15-22)19-28(38)33-16-21-5-3-20(4-6-21)14-25-2-1-13-41-25/h1-8,13,15,17,24H,9-12,14,16,18-19H2,(H,33,38)(H,34,35,36). The first-order chi connectivity index (χ1) is 20.0. The van der Waals surface area contributed by atoms with E-state index in [0.29, 0.717) is 48.5 Å². The normalized spacial score (nSPS) is 15.1. The van der Waals surface area contributed by atoms with Crippen molar-refractivity contribution in [1.82, 2.24) is 20.2 Å². The maximum atomic E-state index is 13.2. The molecule has 10 heteroatoms. The first-order valence-corrected chi connectivity index (χ1v) is 14.9. The highest BCUT2D eigenvalue weighted by Gasteiger charge is 2.29. The number of hydrogen-bond acceptors (Lipinski definition) is 7. The lowest BCUT2D eigenvalue weighted by Crippen LogP contribution is -2.37. The van der Waals surface area contributed by atoms with Crippen LogP contribution in [0.1, 0.15) is 44.8 Å². The minimum absolute atomic E-state index is 0.00720. The predicted molar refractivity (Wildman–Crippen MR) is 160 cm³/mol. The number of halogens is 1. The Kier molecular flexibility index (Phi) is 8.27. The van der Waals surface area contributed by atoms with Crippen molar-refractivity contribution >= 4 is 40.7 Å². The second-order valence-electron chi connectivity index (χ2n) is 10.3. The summed E-state index contributed by atoms with van der Waals surface area (Å²) >= 11 is 8.21. The number of anilines is 1. The van der Waals surface area contributed by atoms with Crippen molar-refractivity contribution in [3.8, 4) is 11.3 Å². The molecule has 4 aromatic rings. The molecule has 0 radical (unpaired) electrons. The third-order valence-electron chi connectivity index (χ3n) is 7.37. The molecular weight excluding hydrogens is 558 g/mol. The molecular formula is C31H30ClN5O3S. The molecule has 2 aliphatic rings. The second kappa shape index (κ2) is 12.4. The zero-order valence-corrected chi connectivity index (χ0v) is 24.0. The van der Waals surface area contributed by atoms with Crippen LogP contribution in [-0.2, 0) is 29.0 Å². The Morgan fingerprint density at radius 3 is 2.68 bits per heavy atom. The maximum absolute atomic E-state index is 13.2. The molecule has 210 valence electrons. The molecule has 2 aliphatic heterocycles. The summed E-state index contributed by atoms with van der Waals surface area (Å²) in [6.45, 7) is 2.21. The molecule has 1 fully saturated rings. The maximum Gasteiger partial charge on any atom is 0.254 e. The van der Waals surface area contributed by atoms with Crippen LogP contribution in [0.2, 0.25) is 5.02 Å². The summed E-state index contributed by atoms with van der Waals surface area (Å²) in [4.78, 5) is 37.8. The van der Waals surface area contributed by atoms with Crippen molar-refractivity contribution in [1.29, 1.82) is 0 Å². The zero-order chi connectivity index (χ0) is 28.2. The molecule has 0 unspecified atom stereocenters. The van der Waals surface area contributed by atoms with Crippen molar-refractivity contribution in [2.45, 2.75) is 38.4 Å². The summed E-state index contributed by atoms with van der Waals surface area (Å²) in [6, 6.07) is 18.3. The van der Waals surface area contributed by atoms with E-state index in [1.54, 1.807) is 28.5 Å². The van der Waals surface area contributed by atoms with Gasteiger partial charge in [-0.1, -0.05) is 54.1 Å². The van der Waals surface area contributed by atoms with Gasteiger partial charge in [0.15, 0.2) is 0 Å². The van der Waals surface area contributed by atoms with Crippen LogP contribution in [0, 0.1) is 0 Å². The first-order valence-electron chi connectivity index (χ1n) is 13.7. The largest absolute Gasteiger partial charge is 0.381 e. The molecule has 0 bridgehead atoms. The molecule has 2 aromatic heterocycles. The number of thiophene rings is 1. The topological polar surface area (TPSA) is 96.5 Å². The van der Waals surface area contributed by atoms with Gasteiger partial charge in [0.2, 0.25) is 11.9 Å². The number of ether oxygens (including phenoxy) is 1. The van der Waals surface area contributed by atoms with Gasteiger partial charge in [-0.05, 0) is 47.0 Å². The fraction of sp³-hybridized carbons (Fsp3) is 0.290. The molecule has 0 atom stereocenters. The Bertz CT molecular complexity index is 1540. The van der Waals surface area contributed by atoms with Gasteiger partial charge in [0, 0.05) is 54.8 Å². The van der Waals surface area contributed by atoms with E-state index in [9.17, 15) is 9.59 Å². The smallest absolute Gasteiger partial charge is 0.254 e. The molecule has 1 saturated heterocycles. The summed E-state index contributed by atoms with van der Waals surface area (Å²) in [5.41, 5.74) is 4.97. The van der Waals surface area contributed by atoms with Crippen molar-refractivity contribution in [2.24, 2.45) is 0 Å². The monoisotopic (exact) mass is 587 g/mol. The second-order valence-corrected chi connectivity index (χ2v) is 11.7. The Balaban J connectivity index is 1.06. The van der Waals surface area contributed by atoms with E-state index in [1.165, 1.54) is 10.4 Å². The molecule has 0 spiro atoms. The Hall–Kier alpha value is -3.79. The van der Waals surface area contributed by atoms with E-state index in [0.717, 1.165) is 36.0 Å². The van der Waals surface area contributed by atoms with E-state index in [-0.39, 0.29) is 24.4 Å². The quantitative estimate of drug-likeness (QED) is 0.275. The van der Waals surface area contributed by atoms with Crippen molar-refractivity contribution < 1.29 is 14.3 Å². The van der Waals surface area contributed by atoms with Gasteiger partial charge in [0.25, 0.3) is 5.91 Å². The molecule has 8 nitrogen and oxygen atoms in total. The van der Waals surface area contributed by atoms with E-state index < -0.39 is 0 Å². The molecule has 41 heavy (non-hydrogen) atoms. The first kappa shape index (κ1) is 27.4. The number of nitrogens with one attached hydrogen (secondary N) is 2. The van der Waals surface area contributed by atoms with E-state index in [4.69, 9.17) is 16.3 Å². The van der Waals surface area contributed by atoms with E-state index >= 15 is 0 Å². The minimum Gasteiger partial charge on any atom is -0.381 e. The lowest BCUT2D eigenvalue weighted by atomic mass is 10.0. The van der Waals surface area contributed by atoms with Crippen LogP contribution in [0.4, 0.5) is 5.95 Å². The number of aromatic nitrogens is 2. The number of benzene rings is 2. The van der Waals surface area contributed by atoms with Gasteiger partial charge in [-0.15, -0.1) is 11.3 Å². The Morgan fingerprint density at radius 2 is 1.90 bits per heavy atom. The van der Waals surface area contributed by atoms with Crippen LogP contribution < -0.4 is 10.6 Å². The zero-order valence-electron chi connectivity index (χ0n) is 22.4. The van der Waals surface area contributed by atoms with Gasteiger partial charge in [0.05, 0.1) is 16.9 Å². The van der Waals surface area contributed by atoms with Gasteiger partial charge >= 0.3 is 0 Å². The number of fused-ring (bicyclic) bond motifs is 1. The number of carbonyl (C=O) groups excluding carboxylic acids is 2. The van der Waals surface area contributed by atoms with Crippen LogP contribution in [-0.4, -0.2) is 52.5 Å². The number of amides is 2. The van der Waals surface area contributed by atoms with Crippen LogP contribution >= 0.6 is 22.9 Å². The summed E-state index contributed by atoms with van der Waals surface area (Å²) in [5.74, 6) is 0.121. The summed E-state index contributed by atoms with van der Waals surface area (Å²) in [6.07, 6.45) is 4.26. The third kappa shape index (κ3) is 6.59. The van der Waals surface area contributed by atoms with Crippen LogP contribution in [0.25, 0.3) is 11.3 Å². The van der Waals surface area contributed by atoms with Crippen molar-refractivity contribution in [3.05, 3.63) is 98.3 Å². The molecule has 2 amide bonds. The van der Waals surface area contributed by atoms with Crippen molar-refractivity contribution in [3.63, 3.8) is 0 Å². The van der Waals surface area contributed by atoms with E-state index in [1.807, 2.05) is 24.3 Å². The Labute approximate surface area is 247 Å². The molecule has 2 N–H and O–H groups in total. The van der Waals surface area contributed by atoms with Gasteiger partial charge in [-0.3, -0.25) is 9.59 Å². The lowest BCUT2D eigenvalue weighted by Gasteiger charge is -2.23. The summed E-state index contributed by atoms with van der Waals surface area (Å²) in [7, 11) is 0. The van der Waals surface area contributed by atoms with Crippen molar-refractivity contribution in [2.75, 3.05) is 25.1 Å². The Morgan fingerprint density at radius 1 is 1.10 bits per heavy atom. The molecule has 4 heterocycles.